The number of carbonyl (C=O) groups is 2. The van der Waals surface area contributed by atoms with Crippen LogP contribution in [0.15, 0.2) is 54.6 Å². The molecule has 2 aromatic carbocycles. The summed E-state index contributed by atoms with van der Waals surface area (Å²) in [7, 11) is 0. The van der Waals surface area contributed by atoms with E-state index in [0.29, 0.717) is 11.3 Å². The number of aryl methyl sites for hydroxylation is 1. The molecule has 0 amide bonds. The van der Waals surface area contributed by atoms with Crippen LogP contribution in [0.25, 0.3) is 6.08 Å². The third-order valence-electron chi connectivity index (χ3n) is 5.26. The zero-order valence-electron chi connectivity index (χ0n) is 18.4. The fourth-order valence-electron chi connectivity index (χ4n) is 3.40. The summed E-state index contributed by atoms with van der Waals surface area (Å²) >= 11 is 5.42. The fourth-order valence-corrected chi connectivity index (χ4v) is 3.53. The minimum Gasteiger partial charge on any atom is -0.423 e. The first-order chi connectivity index (χ1) is 15.1. The van der Waals surface area contributed by atoms with Gasteiger partial charge >= 0.3 is 5.97 Å². The highest BCUT2D eigenvalue weighted by Crippen LogP contribution is 2.16. The molecular formula is C27H33ClO3. The van der Waals surface area contributed by atoms with Crippen molar-refractivity contribution in [1.29, 1.82) is 0 Å². The molecule has 0 atom stereocenters. The molecule has 3 nitrogen and oxygen atoms in total. The topological polar surface area (TPSA) is 43.4 Å². The highest BCUT2D eigenvalue weighted by Gasteiger charge is 2.03. The van der Waals surface area contributed by atoms with Crippen molar-refractivity contribution in [3.63, 3.8) is 0 Å². The molecule has 0 radical (unpaired) electrons. The number of hydrogen-bond donors (Lipinski definition) is 0. The van der Waals surface area contributed by atoms with E-state index >= 15 is 0 Å². The summed E-state index contributed by atoms with van der Waals surface area (Å²) < 4.78 is 5.35. The Morgan fingerprint density at radius 2 is 1.39 bits per heavy atom. The predicted molar refractivity (Wildman–Crippen MR) is 129 cm³/mol. The Morgan fingerprint density at radius 1 is 0.806 bits per heavy atom. The van der Waals surface area contributed by atoms with Crippen LogP contribution in [0, 0.1) is 0 Å². The predicted octanol–water partition coefficient (Wildman–Crippen LogP) is 7.76. The quantitative estimate of drug-likeness (QED) is 0.0990. The number of hydrogen-bond acceptors (Lipinski definition) is 3. The molecule has 0 unspecified atom stereocenters. The fraction of sp³-hybridized carbons (Fsp3) is 0.407. The van der Waals surface area contributed by atoms with Crippen LogP contribution in [0.5, 0.6) is 5.75 Å². The van der Waals surface area contributed by atoms with E-state index in [1.54, 1.807) is 30.3 Å². The van der Waals surface area contributed by atoms with Gasteiger partial charge in [-0.2, -0.15) is 0 Å². The summed E-state index contributed by atoms with van der Waals surface area (Å²) in [4.78, 5) is 23.1. The zero-order chi connectivity index (χ0) is 22.3. The maximum atomic E-state index is 12.0. The van der Waals surface area contributed by atoms with Gasteiger partial charge in [-0.25, -0.2) is 4.79 Å². The molecule has 0 heterocycles. The van der Waals surface area contributed by atoms with E-state index in [-0.39, 0.29) is 0 Å². The number of halogens is 1. The molecule has 0 aliphatic rings. The lowest BCUT2D eigenvalue weighted by Crippen LogP contribution is -2.03. The zero-order valence-corrected chi connectivity index (χ0v) is 19.2. The summed E-state index contributed by atoms with van der Waals surface area (Å²) in [6.07, 6.45) is 16.0. The second kappa shape index (κ2) is 14.6. The standard InChI is InChI=1S/C27H33ClO3/c1-2-3-4-5-6-7-8-9-10-11-22-14-19-25(20-15-22)31-26(29)21-16-23-12-17-24(18-13-23)27(28)30/h12-21H,2-11H2,1H3/b21-16+. The van der Waals surface area contributed by atoms with Gasteiger partial charge in [-0.1, -0.05) is 82.6 Å². The molecule has 31 heavy (non-hydrogen) atoms. The van der Waals surface area contributed by atoms with Gasteiger partial charge in [0.05, 0.1) is 0 Å². The number of carbonyl (C=O) groups excluding carboxylic acids is 2. The van der Waals surface area contributed by atoms with Crippen molar-refractivity contribution in [2.45, 2.75) is 71.1 Å². The van der Waals surface area contributed by atoms with Gasteiger partial charge in [-0.15, -0.1) is 0 Å². The van der Waals surface area contributed by atoms with Crippen molar-refractivity contribution in [3.8, 4) is 5.75 Å². The molecular weight excluding hydrogens is 408 g/mol. The first-order valence-electron chi connectivity index (χ1n) is 11.4. The van der Waals surface area contributed by atoms with Crippen LogP contribution in [0.3, 0.4) is 0 Å². The average Bonchev–Trinajstić information content (AvgIpc) is 2.78. The average molecular weight is 441 g/mol. The molecule has 0 aliphatic heterocycles. The third kappa shape index (κ3) is 10.5. The first-order valence-corrected chi connectivity index (χ1v) is 11.7. The Balaban J connectivity index is 1.65. The minimum absolute atomic E-state index is 0.420. The number of benzene rings is 2. The largest absolute Gasteiger partial charge is 0.423 e. The molecule has 0 saturated carbocycles. The molecule has 166 valence electrons. The van der Waals surface area contributed by atoms with Crippen LogP contribution in [0.1, 0.15) is 86.2 Å². The van der Waals surface area contributed by atoms with E-state index in [4.69, 9.17) is 16.3 Å². The molecule has 0 aliphatic carbocycles. The number of unbranched alkanes of at least 4 members (excludes halogenated alkanes) is 8. The second-order valence-electron chi connectivity index (χ2n) is 7.87. The van der Waals surface area contributed by atoms with E-state index in [9.17, 15) is 9.59 Å². The van der Waals surface area contributed by atoms with Crippen LogP contribution in [0.2, 0.25) is 0 Å². The van der Waals surface area contributed by atoms with Crippen molar-refractivity contribution < 1.29 is 14.3 Å². The maximum absolute atomic E-state index is 12.0. The number of esters is 1. The molecule has 0 bridgehead atoms. The lowest BCUT2D eigenvalue weighted by Gasteiger charge is -2.05. The van der Waals surface area contributed by atoms with Gasteiger partial charge in [0.15, 0.2) is 0 Å². The molecule has 0 spiro atoms. The summed E-state index contributed by atoms with van der Waals surface area (Å²) in [5, 5.41) is -0.504. The van der Waals surface area contributed by atoms with Crippen LogP contribution in [-0.4, -0.2) is 11.2 Å². The summed E-state index contributed by atoms with van der Waals surface area (Å²) in [5.74, 6) is 0.0951. The lowest BCUT2D eigenvalue weighted by atomic mass is 10.0. The van der Waals surface area contributed by atoms with Gasteiger partial charge in [0, 0.05) is 11.6 Å². The van der Waals surface area contributed by atoms with E-state index in [2.05, 4.69) is 6.92 Å². The van der Waals surface area contributed by atoms with Crippen LogP contribution < -0.4 is 4.74 Å². The molecule has 2 aromatic rings. The first kappa shape index (κ1) is 24.9. The third-order valence-corrected chi connectivity index (χ3v) is 5.48. The monoisotopic (exact) mass is 440 g/mol. The van der Waals surface area contributed by atoms with Crippen molar-refractivity contribution in [2.75, 3.05) is 0 Å². The van der Waals surface area contributed by atoms with E-state index in [1.165, 1.54) is 69.4 Å². The van der Waals surface area contributed by atoms with Gasteiger partial charge < -0.3 is 4.74 Å². The molecule has 0 saturated heterocycles. The van der Waals surface area contributed by atoms with E-state index in [0.717, 1.165) is 12.0 Å². The minimum atomic E-state index is -0.504. The van der Waals surface area contributed by atoms with Gasteiger partial charge in [-0.05, 0) is 65.9 Å². The molecule has 0 N–H and O–H groups in total. The van der Waals surface area contributed by atoms with Crippen molar-refractivity contribution in [2.24, 2.45) is 0 Å². The van der Waals surface area contributed by atoms with Gasteiger partial charge in [0.2, 0.25) is 0 Å². The maximum Gasteiger partial charge on any atom is 0.336 e. The Bertz CT molecular complexity index is 823. The highest BCUT2D eigenvalue weighted by atomic mass is 35.5. The Labute approximate surface area is 191 Å². The Morgan fingerprint density at radius 3 is 1.97 bits per heavy atom. The highest BCUT2D eigenvalue weighted by molar-refractivity contribution is 6.67. The van der Waals surface area contributed by atoms with Crippen LogP contribution in [-0.2, 0) is 11.2 Å². The van der Waals surface area contributed by atoms with E-state index in [1.807, 2.05) is 24.3 Å². The molecule has 2 rings (SSSR count). The number of ether oxygens (including phenoxy) is 1. The number of rotatable bonds is 14. The molecule has 0 aromatic heterocycles. The Hall–Kier alpha value is -2.39. The van der Waals surface area contributed by atoms with Gasteiger partial charge in [-0.3, -0.25) is 4.79 Å². The summed E-state index contributed by atoms with van der Waals surface area (Å²) in [5.41, 5.74) is 2.48. The normalized spacial score (nSPS) is 11.0. The van der Waals surface area contributed by atoms with Crippen LogP contribution >= 0.6 is 11.6 Å². The van der Waals surface area contributed by atoms with Crippen molar-refractivity contribution in [3.05, 3.63) is 71.3 Å². The SMILES string of the molecule is CCCCCCCCCCCc1ccc(OC(=O)/C=C/c2ccc(C(=O)Cl)cc2)cc1. The lowest BCUT2D eigenvalue weighted by molar-refractivity contribution is -0.128. The van der Waals surface area contributed by atoms with Crippen molar-refractivity contribution >= 4 is 28.9 Å². The smallest absolute Gasteiger partial charge is 0.336 e. The van der Waals surface area contributed by atoms with Gasteiger partial charge in [0.25, 0.3) is 5.24 Å². The summed E-state index contributed by atoms with van der Waals surface area (Å²) in [6, 6.07) is 14.4. The van der Waals surface area contributed by atoms with Gasteiger partial charge in [0.1, 0.15) is 5.75 Å². The molecule has 4 heteroatoms. The second-order valence-corrected chi connectivity index (χ2v) is 8.22. The van der Waals surface area contributed by atoms with E-state index < -0.39 is 11.2 Å². The Kier molecular flexibility index (Phi) is 11.7. The molecule has 0 fully saturated rings. The van der Waals surface area contributed by atoms with Crippen molar-refractivity contribution in [1.82, 2.24) is 0 Å². The van der Waals surface area contributed by atoms with Crippen LogP contribution in [0.4, 0.5) is 0 Å². The summed E-state index contributed by atoms with van der Waals surface area (Å²) in [6.45, 7) is 2.25.